The molecule has 0 unspecified atom stereocenters. The Morgan fingerprint density at radius 1 is 1.03 bits per heavy atom. The van der Waals surface area contributed by atoms with E-state index in [2.05, 4.69) is 38.9 Å². The summed E-state index contributed by atoms with van der Waals surface area (Å²) in [6.45, 7) is 4.99. The summed E-state index contributed by atoms with van der Waals surface area (Å²) >= 11 is 0. The minimum absolute atomic E-state index is 0.0160. The molecule has 30 heavy (non-hydrogen) atoms. The minimum Gasteiger partial charge on any atom is -0.454 e. The Labute approximate surface area is 175 Å². The highest BCUT2D eigenvalue weighted by atomic mass is 16.7. The van der Waals surface area contributed by atoms with Gasteiger partial charge in [0.05, 0.1) is 24.1 Å². The second-order valence-corrected chi connectivity index (χ2v) is 7.74. The van der Waals surface area contributed by atoms with Gasteiger partial charge < -0.3 is 19.4 Å². The molecule has 0 bridgehead atoms. The van der Waals surface area contributed by atoms with Gasteiger partial charge in [0.25, 0.3) is 0 Å². The molecule has 2 aliphatic rings. The lowest BCUT2D eigenvalue weighted by Gasteiger charge is -2.34. The lowest BCUT2D eigenvalue weighted by Crippen LogP contribution is -2.48. The molecular formula is C22H25N5O3. The molecule has 1 fully saturated rings. The Balaban J connectivity index is 1.12. The fourth-order valence-corrected chi connectivity index (χ4v) is 4.02. The van der Waals surface area contributed by atoms with Crippen molar-refractivity contribution in [2.75, 3.05) is 44.8 Å². The van der Waals surface area contributed by atoms with Gasteiger partial charge in [-0.15, -0.1) is 0 Å². The summed E-state index contributed by atoms with van der Waals surface area (Å²) in [7, 11) is 2.07. The van der Waals surface area contributed by atoms with Crippen LogP contribution in [0.5, 0.6) is 11.5 Å². The van der Waals surface area contributed by atoms with Gasteiger partial charge in [0.1, 0.15) is 5.82 Å². The van der Waals surface area contributed by atoms with Crippen LogP contribution in [0.3, 0.4) is 0 Å². The molecule has 156 valence electrons. The van der Waals surface area contributed by atoms with Crippen LogP contribution in [-0.4, -0.2) is 64.8 Å². The van der Waals surface area contributed by atoms with Gasteiger partial charge in [-0.2, -0.15) is 0 Å². The highest BCUT2D eigenvalue weighted by Crippen LogP contribution is 2.34. The molecular weight excluding hydrogens is 382 g/mol. The molecule has 0 saturated carbocycles. The topological polar surface area (TPSA) is 71.9 Å². The molecule has 0 radical (unpaired) electrons. The number of hydrogen-bond donors (Lipinski definition) is 1. The number of piperazine rings is 1. The van der Waals surface area contributed by atoms with Crippen molar-refractivity contribution in [1.82, 2.24) is 19.4 Å². The first kappa shape index (κ1) is 18.9. The number of hydrogen-bond acceptors (Lipinski definition) is 6. The molecule has 0 spiro atoms. The molecule has 2 aliphatic heterocycles. The fourth-order valence-electron chi connectivity index (χ4n) is 4.02. The molecule has 1 amide bonds. The molecule has 8 nitrogen and oxygen atoms in total. The summed E-state index contributed by atoms with van der Waals surface area (Å²) in [5.74, 6) is 2.44. The van der Waals surface area contributed by atoms with E-state index in [9.17, 15) is 4.79 Å². The van der Waals surface area contributed by atoms with Gasteiger partial charge in [-0.3, -0.25) is 14.6 Å². The number of para-hydroxylation sites is 2. The number of carbonyl (C=O) groups is 1. The average molecular weight is 407 g/mol. The number of nitrogens with one attached hydrogen (secondary N) is 1. The number of rotatable bonds is 5. The van der Waals surface area contributed by atoms with Crippen molar-refractivity contribution in [2.24, 2.45) is 7.05 Å². The van der Waals surface area contributed by atoms with Crippen LogP contribution < -0.4 is 14.8 Å². The Bertz CT molecular complexity index is 1070. The second kappa shape index (κ2) is 7.97. The van der Waals surface area contributed by atoms with Crippen LogP contribution in [-0.2, 0) is 18.4 Å². The largest absolute Gasteiger partial charge is 0.454 e. The molecule has 3 aromatic rings. The average Bonchev–Trinajstić information content (AvgIpc) is 3.34. The zero-order valence-corrected chi connectivity index (χ0v) is 17.0. The third kappa shape index (κ3) is 3.83. The third-order valence-electron chi connectivity index (χ3n) is 5.73. The van der Waals surface area contributed by atoms with Crippen molar-refractivity contribution in [2.45, 2.75) is 6.54 Å². The normalized spacial score (nSPS) is 16.8. The van der Waals surface area contributed by atoms with Gasteiger partial charge in [0.15, 0.2) is 11.5 Å². The molecule has 1 aromatic heterocycles. The highest BCUT2D eigenvalue weighted by Gasteiger charge is 2.21. The Morgan fingerprint density at radius 2 is 1.80 bits per heavy atom. The maximum absolute atomic E-state index is 12.4. The maximum Gasteiger partial charge on any atom is 0.238 e. The fraction of sp³-hybridized carbons (Fsp3) is 0.364. The number of amides is 1. The molecule has 1 N–H and O–H groups in total. The molecule has 2 aromatic carbocycles. The molecule has 5 rings (SSSR count). The first-order valence-corrected chi connectivity index (χ1v) is 10.2. The summed E-state index contributed by atoms with van der Waals surface area (Å²) in [4.78, 5) is 21.8. The Morgan fingerprint density at radius 3 is 2.63 bits per heavy atom. The van der Waals surface area contributed by atoms with Crippen molar-refractivity contribution >= 4 is 22.6 Å². The molecule has 8 heteroatoms. The summed E-state index contributed by atoms with van der Waals surface area (Å²) in [5, 5.41) is 2.95. The molecule has 3 heterocycles. The van der Waals surface area contributed by atoms with Gasteiger partial charge in [0, 0.05) is 45.0 Å². The van der Waals surface area contributed by atoms with Crippen LogP contribution in [0.4, 0.5) is 5.69 Å². The first-order valence-electron chi connectivity index (χ1n) is 10.2. The SMILES string of the molecule is Cn1c(CN2CCN(CC(=O)Nc3ccc4c(c3)OCO4)CC2)nc2ccccc21. The van der Waals surface area contributed by atoms with Gasteiger partial charge in [0.2, 0.25) is 12.7 Å². The van der Waals surface area contributed by atoms with E-state index in [1.54, 1.807) is 6.07 Å². The number of aryl methyl sites for hydroxylation is 1. The Kier molecular flexibility index (Phi) is 5.02. The van der Waals surface area contributed by atoms with Crippen LogP contribution in [0.1, 0.15) is 5.82 Å². The van der Waals surface area contributed by atoms with Gasteiger partial charge >= 0.3 is 0 Å². The van der Waals surface area contributed by atoms with Gasteiger partial charge in [-0.25, -0.2) is 4.98 Å². The van der Waals surface area contributed by atoms with E-state index in [4.69, 9.17) is 14.5 Å². The number of anilines is 1. The number of carbonyl (C=O) groups excluding carboxylic acids is 1. The van der Waals surface area contributed by atoms with Crippen molar-refractivity contribution < 1.29 is 14.3 Å². The predicted octanol–water partition coefficient (Wildman–Crippen LogP) is 2.06. The van der Waals surface area contributed by atoms with Gasteiger partial charge in [-0.05, 0) is 24.3 Å². The quantitative estimate of drug-likeness (QED) is 0.698. The summed E-state index contributed by atoms with van der Waals surface area (Å²) in [5.41, 5.74) is 2.92. The number of benzene rings is 2. The number of nitrogens with zero attached hydrogens (tertiary/aromatic N) is 4. The van der Waals surface area contributed by atoms with E-state index < -0.39 is 0 Å². The van der Waals surface area contributed by atoms with Crippen LogP contribution in [0.15, 0.2) is 42.5 Å². The second-order valence-electron chi connectivity index (χ2n) is 7.74. The van der Waals surface area contributed by atoms with Crippen molar-refractivity contribution in [3.63, 3.8) is 0 Å². The zero-order valence-electron chi connectivity index (χ0n) is 17.0. The molecule has 0 aliphatic carbocycles. The number of ether oxygens (including phenoxy) is 2. The first-order chi connectivity index (χ1) is 14.7. The van der Waals surface area contributed by atoms with Crippen LogP contribution in [0.2, 0.25) is 0 Å². The standard InChI is InChI=1S/C22H25N5O3/c1-25-18-5-3-2-4-17(18)24-21(25)13-26-8-10-27(11-9-26)14-22(28)23-16-6-7-19-20(12-16)30-15-29-19/h2-7,12H,8-11,13-15H2,1H3,(H,23,28). The minimum atomic E-state index is -0.0160. The van der Waals surface area contributed by atoms with Crippen molar-refractivity contribution in [3.8, 4) is 11.5 Å². The maximum atomic E-state index is 12.4. The van der Waals surface area contributed by atoms with E-state index in [1.165, 1.54) is 0 Å². The lowest BCUT2D eigenvalue weighted by molar-refractivity contribution is -0.117. The van der Waals surface area contributed by atoms with E-state index in [0.29, 0.717) is 18.0 Å². The summed E-state index contributed by atoms with van der Waals surface area (Å²) < 4.78 is 12.8. The van der Waals surface area contributed by atoms with Crippen LogP contribution >= 0.6 is 0 Å². The highest BCUT2D eigenvalue weighted by molar-refractivity contribution is 5.92. The monoisotopic (exact) mass is 407 g/mol. The number of fused-ring (bicyclic) bond motifs is 2. The Hall–Kier alpha value is -3.10. The van der Waals surface area contributed by atoms with Crippen molar-refractivity contribution in [3.05, 3.63) is 48.3 Å². The van der Waals surface area contributed by atoms with Crippen molar-refractivity contribution in [1.29, 1.82) is 0 Å². The predicted molar refractivity (Wildman–Crippen MR) is 114 cm³/mol. The molecule has 0 atom stereocenters. The zero-order chi connectivity index (χ0) is 20.5. The third-order valence-corrected chi connectivity index (χ3v) is 5.73. The lowest BCUT2D eigenvalue weighted by atomic mass is 10.2. The van der Waals surface area contributed by atoms with Crippen LogP contribution in [0.25, 0.3) is 11.0 Å². The summed E-state index contributed by atoms with van der Waals surface area (Å²) in [6.07, 6.45) is 0. The van der Waals surface area contributed by atoms with E-state index in [-0.39, 0.29) is 12.7 Å². The smallest absolute Gasteiger partial charge is 0.238 e. The molecule has 1 saturated heterocycles. The van der Waals surface area contributed by atoms with E-state index >= 15 is 0 Å². The number of aromatic nitrogens is 2. The van der Waals surface area contributed by atoms with Gasteiger partial charge in [-0.1, -0.05) is 12.1 Å². The van der Waals surface area contributed by atoms with Crippen LogP contribution in [0, 0.1) is 0 Å². The van der Waals surface area contributed by atoms with E-state index in [0.717, 1.165) is 55.3 Å². The summed E-state index contributed by atoms with van der Waals surface area (Å²) in [6, 6.07) is 13.7. The number of imidazole rings is 1. The van der Waals surface area contributed by atoms with E-state index in [1.807, 2.05) is 24.3 Å².